The van der Waals surface area contributed by atoms with Gasteiger partial charge >= 0.3 is 12.6 Å². The van der Waals surface area contributed by atoms with Crippen LogP contribution in [0.25, 0.3) is 12.2 Å². The number of alkyl halides is 2. The van der Waals surface area contributed by atoms with E-state index in [1.807, 2.05) is 13.8 Å². The second-order valence-electron chi connectivity index (χ2n) is 6.56. The molecule has 0 saturated heterocycles. The molecule has 0 spiro atoms. The van der Waals surface area contributed by atoms with Crippen LogP contribution in [0.15, 0.2) is 23.0 Å². The second kappa shape index (κ2) is 12.1. The lowest BCUT2D eigenvalue weighted by atomic mass is 10.2. The molecule has 0 aliphatic rings. The Morgan fingerprint density at radius 3 is 2.48 bits per heavy atom. The van der Waals surface area contributed by atoms with Crippen LogP contribution in [0.1, 0.15) is 26.3 Å². The van der Waals surface area contributed by atoms with Gasteiger partial charge in [-0.05, 0) is 32.9 Å². The summed E-state index contributed by atoms with van der Waals surface area (Å²) in [5.74, 6) is -1.13. The van der Waals surface area contributed by atoms with Crippen molar-refractivity contribution in [1.82, 2.24) is 9.47 Å². The molecule has 0 radical (unpaired) electrons. The third kappa shape index (κ3) is 6.64. The van der Waals surface area contributed by atoms with Crippen LogP contribution in [0, 0.1) is 0 Å². The van der Waals surface area contributed by atoms with Gasteiger partial charge in [-0.25, -0.2) is 4.79 Å². The van der Waals surface area contributed by atoms with Crippen molar-refractivity contribution < 1.29 is 32.6 Å². The largest absolute Gasteiger partial charge is 0.493 e. The Bertz CT molecular complexity index is 1150. The van der Waals surface area contributed by atoms with Crippen molar-refractivity contribution >= 4 is 35.4 Å². The van der Waals surface area contributed by atoms with E-state index in [1.54, 1.807) is 17.9 Å². The van der Waals surface area contributed by atoms with Gasteiger partial charge in [-0.2, -0.15) is 8.78 Å². The van der Waals surface area contributed by atoms with Crippen molar-refractivity contribution in [2.24, 2.45) is 0 Å². The summed E-state index contributed by atoms with van der Waals surface area (Å²) < 4.78 is 42.0. The Morgan fingerprint density at radius 2 is 1.91 bits per heavy atom. The minimum atomic E-state index is -3.10. The third-order valence-corrected chi connectivity index (χ3v) is 5.66. The number of esters is 1. The normalized spacial score (nSPS) is 12.2. The summed E-state index contributed by atoms with van der Waals surface area (Å²) in [6.45, 7) is 2.95. The number of carbonyl (C=O) groups excluding carboxylic acids is 2. The molecule has 0 saturated carbocycles. The number of ether oxygens (including phenoxy) is 3. The smallest absolute Gasteiger partial charge is 0.387 e. The maximum absolute atomic E-state index is 13.1. The first-order valence-corrected chi connectivity index (χ1v) is 11.1. The molecule has 1 aromatic carbocycles. The number of hydrogen-bond acceptors (Lipinski definition) is 7. The zero-order chi connectivity index (χ0) is 24.5. The average Bonchev–Trinajstić information content (AvgIpc) is 3.04. The first-order chi connectivity index (χ1) is 15.7. The van der Waals surface area contributed by atoms with Gasteiger partial charge in [-0.15, -0.1) is 11.3 Å². The Labute approximate surface area is 193 Å². The lowest BCUT2D eigenvalue weighted by Gasteiger charge is -2.18. The van der Waals surface area contributed by atoms with Gasteiger partial charge in [0, 0.05) is 18.7 Å². The van der Waals surface area contributed by atoms with E-state index in [2.05, 4.69) is 4.74 Å². The number of rotatable bonds is 10. The molecule has 0 bridgehead atoms. The summed E-state index contributed by atoms with van der Waals surface area (Å²) in [6.07, 6.45) is 2.48. The predicted octanol–water partition coefficient (Wildman–Crippen LogP) is 1.56. The number of methoxy groups -OCH3 is 1. The van der Waals surface area contributed by atoms with Crippen molar-refractivity contribution in [1.29, 1.82) is 0 Å². The van der Waals surface area contributed by atoms with Crippen molar-refractivity contribution in [3.05, 3.63) is 43.3 Å². The van der Waals surface area contributed by atoms with Gasteiger partial charge < -0.3 is 19.1 Å². The van der Waals surface area contributed by atoms with Crippen molar-refractivity contribution in [3.63, 3.8) is 0 Å². The Morgan fingerprint density at radius 1 is 1.21 bits per heavy atom. The zero-order valence-corrected chi connectivity index (χ0v) is 19.6. The fourth-order valence-electron chi connectivity index (χ4n) is 3.05. The molecule has 11 heteroatoms. The number of carbonyl (C=O) groups is 2. The minimum Gasteiger partial charge on any atom is -0.493 e. The number of amides is 1. The van der Waals surface area contributed by atoms with Crippen LogP contribution in [0.4, 0.5) is 8.78 Å². The summed E-state index contributed by atoms with van der Waals surface area (Å²) in [5.41, 5.74) is -0.375. The second-order valence-corrected chi connectivity index (χ2v) is 7.62. The molecule has 1 amide bonds. The minimum absolute atomic E-state index is 0.0657. The van der Waals surface area contributed by atoms with Crippen molar-refractivity contribution in [2.75, 3.05) is 26.8 Å². The van der Waals surface area contributed by atoms with Gasteiger partial charge in [0.15, 0.2) is 11.5 Å². The van der Waals surface area contributed by atoms with Crippen molar-refractivity contribution in [3.8, 4) is 11.5 Å². The van der Waals surface area contributed by atoms with Crippen LogP contribution in [-0.2, 0) is 20.9 Å². The van der Waals surface area contributed by atoms with E-state index < -0.39 is 18.1 Å². The maximum Gasteiger partial charge on any atom is 0.387 e. The average molecular weight is 485 g/mol. The Kier molecular flexibility index (Phi) is 9.58. The monoisotopic (exact) mass is 484 g/mol. The van der Waals surface area contributed by atoms with Gasteiger partial charge in [0.05, 0.1) is 24.3 Å². The number of likely N-dealkylation sites (N-methyl/N-ethyl adjacent to an activating group) is 1. The fourth-order valence-corrected chi connectivity index (χ4v) is 4.07. The molecular formula is C22H26F2N2O6S. The number of nitrogens with zero attached hydrogens (tertiary/aromatic N) is 2. The lowest BCUT2D eigenvalue weighted by molar-refractivity contribution is -0.135. The molecule has 180 valence electrons. The molecule has 0 fully saturated rings. The molecule has 0 N–H and O–H groups in total. The van der Waals surface area contributed by atoms with E-state index in [1.165, 1.54) is 29.9 Å². The number of benzene rings is 1. The SMILES string of the molecule is CCOC(=O)/C=c1\s/c(=C\c2cccc(OC)c2OC(F)F)c(=O)n1CC(=O)N(CC)CC. The number of thiazole rings is 1. The molecule has 0 aliphatic heterocycles. The highest BCUT2D eigenvalue weighted by Gasteiger charge is 2.17. The zero-order valence-electron chi connectivity index (χ0n) is 18.8. The first-order valence-electron chi connectivity index (χ1n) is 10.2. The summed E-state index contributed by atoms with van der Waals surface area (Å²) >= 11 is 0.929. The van der Waals surface area contributed by atoms with Crippen LogP contribution in [0.3, 0.4) is 0 Å². The van der Waals surface area contributed by atoms with E-state index in [4.69, 9.17) is 9.47 Å². The lowest BCUT2D eigenvalue weighted by Crippen LogP contribution is -2.40. The number of aromatic nitrogens is 1. The Balaban J connectivity index is 2.70. The van der Waals surface area contributed by atoms with Gasteiger partial charge in [-0.1, -0.05) is 12.1 Å². The van der Waals surface area contributed by atoms with Gasteiger partial charge in [0.1, 0.15) is 11.2 Å². The molecule has 0 unspecified atom stereocenters. The standard InChI is InChI=1S/C22H26F2N2O6S/c1-5-25(6-2)17(27)13-26-18(12-19(28)31-7-3)33-16(21(26)29)11-14-9-8-10-15(30-4)20(14)32-22(23)24/h8-12,22H,5-7,13H2,1-4H3/b16-11-,18-12-. The van der Waals surface area contributed by atoms with Gasteiger partial charge in [0.2, 0.25) is 5.91 Å². The van der Waals surface area contributed by atoms with Crippen LogP contribution >= 0.6 is 11.3 Å². The van der Waals surface area contributed by atoms with Gasteiger partial charge in [-0.3, -0.25) is 14.2 Å². The summed E-state index contributed by atoms with van der Waals surface area (Å²) in [5, 5.41) is 0. The number of hydrogen-bond donors (Lipinski definition) is 0. The molecular weight excluding hydrogens is 458 g/mol. The van der Waals surface area contributed by atoms with Gasteiger partial charge in [0.25, 0.3) is 5.56 Å². The van der Waals surface area contributed by atoms with Crippen LogP contribution in [0.2, 0.25) is 0 Å². The molecule has 0 aliphatic carbocycles. The highest BCUT2D eigenvalue weighted by Crippen LogP contribution is 2.32. The molecule has 2 rings (SSSR count). The van der Waals surface area contributed by atoms with E-state index >= 15 is 0 Å². The molecule has 8 nitrogen and oxygen atoms in total. The topological polar surface area (TPSA) is 87.1 Å². The third-order valence-electron chi connectivity index (χ3n) is 4.60. The Hall–Kier alpha value is -3.21. The summed E-state index contributed by atoms with van der Waals surface area (Å²) in [7, 11) is 1.31. The molecule has 2 aromatic rings. The molecule has 1 aromatic heterocycles. The summed E-state index contributed by atoms with van der Waals surface area (Å²) in [6, 6.07) is 4.49. The summed E-state index contributed by atoms with van der Waals surface area (Å²) in [4.78, 5) is 39.3. The number of para-hydroxylation sites is 1. The fraction of sp³-hybridized carbons (Fsp3) is 0.409. The molecule has 0 atom stereocenters. The highest BCUT2D eigenvalue weighted by atomic mass is 32.1. The maximum atomic E-state index is 13.1. The van der Waals surface area contributed by atoms with Crippen LogP contribution in [0.5, 0.6) is 11.5 Å². The predicted molar refractivity (Wildman–Crippen MR) is 120 cm³/mol. The highest BCUT2D eigenvalue weighted by molar-refractivity contribution is 7.07. The van der Waals surface area contributed by atoms with E-state index in [9.17, 15) is 23.2 Å². The van der Waals surface area contributed by atoms with E-state index in [0.717, 1.165) is 17.4 Å². The van der Waals surface area contributed by atoms with E-state index in [-0.39, 0.29) is 45.3 Å². The quantitative estimate of drug-likeness (QED) is 0.476. The van der Waals surface area contributed by atoms with E-state index in [0.29, 0.717) is 13.1 Å². The molecule has 1 heterocycles. The van der Waals surface area contributed by atoms with Crippen molar-refractivity contribution in [2.45, 2.75) is 33.9 Å². The first kappa shape index (κ1) is 26.0. The van der Waals surface area contributed by atoms with Crippen LogP contribution in [-0.4, -0.2) is 54.8 Å². The number of halogens is 2. The molecule has 33 heavy (non-hydrogen) atoms. The van der Waals surface area contributed by atoms with Crippen LogP contribution < -0.4 is 24.2 Å².